The van der Waals surface area contributed by atoms with Gasteiger partial charge in [0.05, 0.1) is 13.0 Å². The molecule has 0 amide bonds. The summed E-state index contributed by atoms with van der Waals surface area (Å²) in [5, 5.41) is -0.407. The van der Waals surface area contributed by atoms with Crippen molar-refractivity contribution in [3.05, 3.63) is 18.2 Å². The van der Waals surface area contributed by atoms with Gasteiger partial charge in [0.15, 0.2) is 11.5 Å². The largest absolute Gasteiger partial charge is 0.493 e. The van der Waals surface area contributed by atoms with Crippen LogP contribution in [0.25, 0.3) is 0 Å². The summed E-state index contributed by atoms with van der Waals surface area (Å²) >= 11 is 5.17. The van der Waals surface area contributed by atoms with Gasteiger partial charge in [-0.1, -0.05) is 0 Å². The first kappa shape index (κ1) is 10.1. The first-order valence-electron chi connectivity index (χ1n) is 4.46. The molecule has 1 aromatic carbocycles. The van der Waals surface area contributed by atoms with Crippen LogP contribution in [-0.4, -0.2) is 18.6 Å². The Morgan fingerprint density at radius 1 is 1.40 bits per heavy atom. The third kappa shape index (κ3) is 2.53. The second-order valence-corrected chi connectivity index (χ2v) is 3.39. The smallest absolute Gasteiger partial charge is 0.231 e. The van der Waals surface area contributed by atoms with Crippen molar-refractivity contribution in [1.82, 2.24) is 0 Å². The Bertz CT molecular complexity index is 378. The number of carbonyl (C=O) groups excluding carboxylic acids is 1. The molecular formula is C10H9ClO4. The minimum Gasteiger partial charge on any atom is -0.493 e. The van der Waals surface area contributed by atoms with Crippen molar-refractivity contribution in [2.24, 2.45) is 0 Å². The SMILES string of the molecule is O=C(Cl)CCOc1ccc2c(c1)OCO2. The molecule has 0 fully saturated rings. The van der Waals surface area contributed by atoms with E-state index in [0.717, 1.165) is 0 Å². The third-order valence-electron chi connectivity index (χ3n) is 1.91. The Hall–Kier alpha value is -1.42. The van der Waals surface area contributed by atoms with Gasteiger partial charge in [-0.15, -0.1) is 0 Å². The summed E-state index contributed by atoms with van der Waals surface area (Å²) < 4.78 is 15.6. The van der Waals surface area contributed by atoms with Crippen LogP contribution in [0.2, 0.25) is 0 Å². The van der Waals surface area contributed by atoms with Crippen LogP contribution in [0.3, 0.4) is 0 Å². The lowest BCUT2D eigenvalue weighted by atomic mass is 10.3. The molecule has 0 aliphatic carbocycles. The summed E-state index contributed by atoms with van der Waals surface area (Å²) in [5.74, 6) is 2.00. The van der Waals surface area contributed by atoms with Crippen LogP contribution >= 0.6 is 11.6 Å². The maximum absolute atomic E-state index is 10.5. The number of fused-ring (bicyclic) bond motifs is 1. The number of halogens is 1. The van der Waals surface area contributed by atoms with E-state index < -0.39 is 5.24 Å². The Balaban J connectivity index is 1.95. The summed E-state index contributed by atoms with van der Waals surface area (Å²) in [4.78, 5) is 10.5. The third-order valence-corrected chi connectivity index (χ3v) is 2.10. The van der Waals surface area contributed by atoms with Crippen LogP contribution < -0.4 is 14.2 Å². The summed E-state index contributed by atoms with van der Waals surface area (Å²) in [7, 11) is 0. The molecule has 1 aliphatic rings. The zero-order valence-electron chi connectivity index (χ0n) is 7.86. The van der Waals surface area contributed by atoms with Crippen LogP contribution in [0.5, 0.6) is 17.2 Å². The normalized spacial score (nSPS) is 12.6. The van der Waals surface area contributed by atoms with Gasteiger partial charge in [-0.3, -0.25) is 4.79 Å². The lowest BCUT2D eigenvalue weighted by molar-refractivity contribution is -0.112. The molecule has 0 N–H and O–H groups in total. The fourth-order valence-corrected chi connectivity index (χ4v) is 1.29. The van der Waals surface area contributed by atoms with Gasteiger partial charge in [0.1, 0.15) is 5.75 Å². The molecule has 0 spiro atoms. The summed E-state index contributed by atoms with van der Waals surface area (Å²) in [6.07, 6.45) is 0.190. The first-order valence-corrected chi connectivity index (χ1v) is 4.84. The molecule has 80 valence electrons. The maximum atomic E-state index is 10.5. The second kappa shape index (κ2) is 4.40. The van der Waals surface area contributed by atoms with Crippen LogP contribution in [0.4, 0.5) is 0 Å². The molecule has 15 heavy (non-hydrogen) atoms. The van der Waals surface area contributed by atoms with Crippen LogP contribution in [-0.2, 0) is 4.79 Å². The number of hydrogen-bond donors (Lipinski definition) is 0. The van der Waals surface area contributed by atoms with Crippen LogP contribution in [0.1, 0.15) is 6.42 Å². The first-order chi connectivity index (χ1) is 7.25. The molecule has 0 unspecified atom stereocenters. The van der Waals surface area contributed by atoms with Gasteiger partial charge in [-0.25, -0.2) is 0 Å². The molecule has 4 nitrogen and oxygen atoms in total. The molecule has 0 atom stereocenters. The average Bonchev–Trinajstić information content (AvgIpc) is 2.64. The highest BCUT2D eigenvalue weighted by molar-refractivity contribution is 6.63. The zero-order chi connectivity index (χ0) is 10.7. The van der Waals surface area contributed by atoms with Gasteiger partial charge in [0.2, 0.25) is 12.0 Å². The van der Waals surface area contributed by atoms with E-state index in [-0.39, 0.29) is 19.8 Å². The van der Waals surface area contributed by atoms with Crippen molar-refractivity contribution in [2.75, 3.05) is 13.4 Å². The number of hydrogen-bond acceptors (Lipinski definition) is 4. The van der Waals surface area contributed by atoms with E-state index >= 15 is 0 Å². The molecule has 0 saturated carbocycles. The zero-order valence-corrected chi connectivity index (χ0v) is 8.62. The summed E-state index contributed by atoms with van der Waals surface area (Å²) in [5.41, 5.74) is 0. The van der Waals surface area contributed by atoms with Crippen molar-refractivity contribution in [3.63, 3.8) is 0 Å². The standard InChI is InChI=1S/C10H9ClO4/c11-10(12)3-4-13-7-1-2-8-9(5-7)15-6-14-8/h1-2,5H,3-4,6H2. The van der Waals surface area contributed by atoms with E-state index in [2.05, 4.69) is 0 Å². The molecule has 0 saturated heterocycles. The van der Waals surface area contributed by atoms with E-state index in [1.807, 2.05) is 0 Å². The Labute approximate surface area is 91.7 Å². The Morgan fingerprint density at radius 3 is 3.00 bits per heavy atom. The van der Waals surface area contributed by atoms with Crippen molar-refractivity contribution >= 4 is 16.8 Å². The van der Waals surface area contributed by atoms with Crippen molar-refractivity contribution < 1.29 is 19.0 Å². The fourth-order valence-electron chi connectivity index (χ4n) is 1.22. The monoisotopic (exact) mass is 228 g/mol. The van der Waals surface area contributed by atoms with Gasteiger partial charge in [0, 0.05) is 6.07 Å². The highest BCUT2D eigenvalue weighted by Gasteiger charge is 2.13. The Kier molecular flexibility index (Phi) is 2.97. The highest BCUT2D eigenvalue weighted by Crippen LogP contribution is 2.35. The van der Waals surface area contributed by atoms with Crippen LogP contribution in [0.15, 0.2) is 18.2 Å². The van der Waals surface area contributed by atoms with E-state index in [1.165, 1.54) is 0 Å². The van der Waals surface area contributed by atoms with Crippen molar-refractivity contribution in [2.45, 2.75) is 6.42 Å². The van der Waals surface area contributed by atoms with Crippen molar-refractivity contribution in [1.29, 1.82) is 0 Å². The van der Waals surface area contributed by atoms with Gasteiger partial charge in [-0.05, 0) is 23.7 Å². The summed E-state index contributed by atoms with van der Waals surface area (Å²) in [6.45, 7) is 0.501. The molecule has 1 aromatic rings. The molecule has 0 radical (unpaired) electrons. The fraction of sp³-hybridized carbons (Fsp3) is 0.300. The highest BCUT2D eigenvalue weighted by atomic mass is 35.5. The van der Waals surface area contributed by atoms with E-state index in [4.69, 9.17) is 25.8 Å². The van der Waals surface area contributed by atoms with Crippen molar-refractivity contribution in [3.8, 4) is 17.2 Å². The molecule has 2 rings (SSSR count). The lowest BCUT2D eigenvalue weighted by Gasteiger charge is -2.04. The van der Waals surface area contributed by atoms with E-state index in [0.29, 0.717) is 17.2 Å². The minimum absolute atomic E-state index is 0.190. The number of rotatable bonds is 4. The lowest BCUT2D eigenvalue weighted by Crippen LogP contribution is -2.00. The molecule has 0 bridgehead atoms. The summed E-state index contributed by atoms with van der Waals surface area (Å²) in [6, 6.07) is 5.24. The van der Waals surface area contributed by atoms with Gasteiger partial charge in [0.25, 0.3) is 0 Å². The molecule has 5 heteroatoms. The molecular weight excluding hydrogens is 220 g/mol. The predicted molar refractivity (Wildman–Crippen MR) is 53.5 cm³/mol. The second-order valence-electron chi connectivity index (χ2n) is 2.97. The molecule has 0 aromatic heterocycles. The molecule has 1 aliphatic heterocycles. The van der Waals surface area contributed by atoms with E-state index in [1.54, 1.807) is 18.2 Å². The van der Waals surface area contributed by atoms with Crippen LogP contribution in [0, 0.1) is 0 Å². The number of ether oxygens (including phenoxy) is 3. The maximum Gasteiger partial charge on any atom is 0.231 e. The molecule has 1 heterocycles. The minimum atomic E-state index is -0.407. The number of benzene rings is 1. The number of carbonyl (C=O) groups is 1. The Morgan fingerprint density at radius 2 is 2.20 bits per heavy atom. The quantitative estimate of drug-likeness (QED) is 0.739. The van der Waals surface area contributed by atoms with E-state index in [9.17, 15) is 4.79 Å². The topological polar surface area (TPSA) is 44.8 Å². The predicted octanol–water partition coefficient (Wildman–Crippen LogP) is 1.95. The average molecular weight is 229 g/mol. The van der Waals surface area contributed by atoms with Gasteiger partial charge < -0.3 is 14.2 Å². The van der Waals surface area contributed by atoms with Gasteiger partial charge in [-0.2, -0.15) is 0 Å². The van der Waals surface area contributed by atoms with Gasteiger partial charge >= 0.3 is 0 Å².